The molecule has 30 heavy (non-hydrogen) atoms. The molecule has 1 amide bonds. The van der Waals surface area contributed by atoms with Crippen LogP contribution in [0.5, 0.6) is 0 Å². The maximum atomic E-state index is 13.1. The highest BCUT2D eigenvalue weighted by Crippen LogP contribution is 2.35. The number of nitrogens with zero attached hydrogens (tertiary/aromatic N) is 3. The largest absolute Gasteiger partial charge is 0.465 e. The van der Waals surface area contributed by atoms with Gasteiger partial charge in [-0.25, -0.2) is 4.98 Å². The fourth-order valence-electron chi connectivity index (χ4n) is 3.36. The van der Waals surface area contributed by atoms with Crippen LogP contribution in [-0.2, 0) is 20.5 Å². The molecule has 0 radical (unpaired) electrons. The Morgan fingerprint density at radius 2 is 1.87 bits per heavy atom. The van der Waals surface area contributed by atoms with Gasteiger partial charge in [0.2, 0.25) is 5.91 Å². The van der Waals surface area contributed by atoms with Crippen molar-refractivity contribution in [2.45, 2.75) is 52.3 Å². The van der Waals surface area contributed by atoms with Gasteiger partial charge in [-0.3, -0.25) is 9.59 Å². The molecule has 1 aliphatic heterocycles. The van der Waals surface area contributed by atoms with Gasteiger partial charge in [0.1, 0.15) is 12.4 Å². The lowest BCUT2D eigenvalue weighted by atomic mass is 9.93. The van der Waals surface area contributed by atoms with Gasteiger partial charge in [-0.1, -0.05) is 11.6 Å². The average molecular weight is 450 g/mol. The lowest BCUT2D eigenvalue weighted by molar-refractivity contribution is -0.154. The van der Waals surface area contributed by atoms with Crippen LogP contribution in [0.1, 0.15) is 46.1 Å². The van der Waals surface area contributed by atoms with Crippen molar-refractivity contribution in [3.8, 4) is 0 Å². The van der Waals surface area contributed by atoms with Gasteiger partial charge in [-0.2, -0.15) is 13.2 Å². The van der Waals surface area contributed by atoms with Gasteiger partial charge >= 0.3 is 12.1 Å². The zero-order chi connectivity index (χ0) is 22.7. The third kappa shape index (κ3) is 6.00. The van der Waals surface area contributed by atoms with E-state index in [1.165, 1.54) is 4.90 Å². The van der Waals surface area contributed by atoms with E-state index in [1.807, 2.05) is 20.8 Å². The molecule has 0 aliphatic carbocycles. The van der Waals surface area contributed by atoms with Crippen molar-refractivity contribution >= 4 is 29.3 Å². The number of ether oxygens (including phenoxy) is 1. The van der Waals surface area contributed by atoms with E-state index in [0.29, 0.717) is 25.9 Å². The summed E-state index contributed by atoms with van der Waals surface area (Å²) in [4.78, 5) is 32.2. The topological polar surface area (TPSA) is 62.7 Å². The molecule has 0 N–H and O–H groups in total. The molecule has 1 aromatic rings. The monoisotopic (exact) mass is 449 g/mol. The van der Waals surface area contributed by atoms with Crippen LogP contribution in [0.15, 0.2) is 12.3 Å². The highest BCUT2D eigenvalue weighted by Gasteiger charge is 2.36. The van der Waals surface area contributed by atoms with E-state index in [9.17, 15) is 22.8 Å². The zero-order valence-electron chi connectivity index (χ0n) is 17.6. The number of anilines is 1. The Balaban J connectivity index is 2.06. The zero-order valence-corrected chi connectivity index (χ0v) is 18.3. The Hall–Kier alpha value is -2.03. The van der Waals surface area contributed by atoms with Gasteiger partial charge in [0.15, 0.2) is 0 Å². The minimum Gasteiger partial charge on any atom is -0.465 e. The van der Waals surface area contributed by atoms with E-state index in [1.54, 1.807) is 11.8 Å². The molecule has 0 spiro atoms. The van der Waals surface area contributed by atoms with Crippen LogP contribution in [0, 0.1) is 5.92 Å². The molecule has 0 saturated carbocycles. The second-order valence-corrected chi connectivity index (χ2v) is 8.60. The van der Waals surface area contributed by atoms with E-state index in [2.05, 4.69) is 4.98 Å². The molecule has 0 atom stereocenters. The molecule has 0 aromatic carbocycles. The van der Waals surface area contributed by atoms with Crippen molar-refractivity contribution < 1.29 is 27.5 Å². The summed E-state index contributed by atoms with van der Waals surface area (Å²) in [5, 5.41) is -0.0757. The van der Waals surface area contributed by atoms with Gasteiger partial charge in [0, 0.05) is 30.7 Å². The summed E-state index contributed by atoms with van der Waals surface area (Å²) in [6.45, 7) is 8.23. The third-order valence-electron chi connectivity index (χ3n) is 4.96. The van der Waals surface area contributed by atoms with Crippen molar-refractivity contribution in [3.05, 3.63) is 22.8 Å². The normalized spacial score (nSPS) is 15.8. The number of pyridine rings is 1. The number of carbonyl (C=O) groups is 2. The predicted octanol–water partition coefficient (Wildman–Crippen LogP) is 4.16. The minimum absolute atomic E-state index is 0.0757. The molecule has 2 rings (SSSR count). The SMILES string of the molecule is CCOC(=O)CN(C(=O)C1CCN(c2ncc(C(F)(F)F)cc2Cl)CC1)C(C)(C)C. The summed E-state index contributed by atoms with van der Waals surface area (Å²) in [5.41, 5.74) is -1.46. The highest BCUT2D eigenvalue weighted by atomic mass is 35.5. The number of amides is 1. The van der Waals surface area contributed by atoms with Crippen LogP contribution in [0.4, 0.5) is 19.0 Å². The maximum Gasteiger partial charge on any atom is 0.417 e. The smallest absolute Gasteiger partial charge is 0.417 e. The molecular formula is C20H27ClF3N3O3. The molecule has 2 heterocycles. The molecular weight excluding hydrogens is 423 g/mol. The van der Waals surface area contributed by atoms with Gasteiger partial charge < -0.3 is 14.5 Å². The summed E-state index contributed by atoms with van der Waals surface area (Å²) in [6, 6.07) is 0.863. The van der Waals surface area contributed by atoms with Crippen molar-refractivity contribution in [3.63, 3.8) is 0 Å². The Morgan fingerprint density at radius 3 is 2.33 bits per heavy atom. The maximum absolute atomic E-state index is 13.1. The van der Waals surface area contributed by atoms with Crippen molar-refractivity contribution in [1.82, 2.24) is 9.88 Å². The van der Waals surface area contributed by atoms with E-state index < -0.39 is 23.2 Å². The summed E-state index contributed by atoms with van der Waals surface area (Å²) >= 11 is 6.03. The number of piperidine rings is 1. The number of esters is 1. The van der Waals surface area contributed by atoms with E-state index in [0.717, 1.165) is 12.3 Å². The summed E-state index contributed by atoms with van der Waals surface area (Å²) in [6.07, 6.45) is -2.79. The van der Waals surface area contributed by atoms with Crippen LogP contribution < -0.4 is 4.90 Å². The predicted molar refractivity (Wildman–Crippen MR) is 107 cm³/mol. The van der Waals surface area contributed by atoms with E-state index in [4.69, 9.17) is 16.3 Å². The second kappa shape index (κ2) is 9.41. The second-order valence-electron chi connectivity index (χ2n) is 8.19. The van der Waals surface area contributed by atoms with Crippen molar-refractivity contribution in [1.29, 1.82) is 0 Å². The van der Waals surface area contributed by atoms with Gasteiger partial charge in [-0.05, 0) is 46.6 Å². The first-order valence-electron chi connectivity index (χ1n) is 9.79. The van der Waals surface area contributed by atoms with Crippen LogP contribution in [0.3, 0.4) is 0 Å². The van der Waals surface area contributed by atoms with E-state index >= 15 is 0 Å². The fourth-order valence-corrected chi connectivity index (χ4v) is 3.64. The summed E-state index contributed by atoms with van der Waals surface area (Å²) in [5.74, 6) is -0.626. The number of alkyl halides is 3. The Labute approximate surface area is 179 Å². The average Bonchev–Trinajstić information content (AvgIpc) is 2.64. The lowest BCUT2D eigenvalue weighted by Crippen LogP contribution is -2.52. The van der Waals surface area contributed by atoms with E-state index in [-0.39, 0.29) is 35.8 Å². The highest BCUT2D eigenvalue weighted by molar-refractivity contribution is 6.33. The van der Waals surface area contributed by atoms with Crippen LogP contribution in [-0.4, -0.2) is 53.5 Å². The number of hydrogen-bond acceptors (Lipinski definition) is 5. The lowest BCUT2D eigenvalue weighted by Gasteiger charge is -2.40. The van der Waals surface area contributed by atoms with Gasteiger partial charge in [0.05, 0.1) is 17.2 Å². The standard InChI is InChI=1S/C20H27ClF3N3O3/c1-5-30-16(28)12-27(19(2,3)4)18(29)13-6-8-26(9-7-13)17-15(21)10-14(11-25-17)20(22,23)24/h10-11,13H,5-9,12H2,1-4H3. The molecule has 6 nitrogen and oxygen atoms in total. The first-order valence-corrected chi connectivity index (χ1v) is 10.2. The first kappa shape index (κ1) is 24.2. The molecule has 1 aliphatic rings. The number of carbonyl (C=O) groups excluding carboxylic acids is 2. The Kier molecular flexibility index (Phi) is 7.60. The summed E-state index contributed by atoms with van der Waals surface area (Å²) < 4.78 is 43.4. The molecule has 0 bridgehead atoms. The molecule has 1 aromatic heterocycles. The quantitative estimate of drug-likeness (QED) is 0.631. The van der Waals surface area contributed by atoms with Gasteiger partial charge in [-0.15, -0.1) is 0 Å². The fraction of sp³-hybridized carbons (Fsp3) is 0.650. The molecule has 1 fully saturated rings. The van der Waals surface area contributed by atoms with Crippen LogP contribution in [0.2, 0.25) is 5.02 Å². The molecule has 168 valence electrons. The minimum atomic E-state index is -4.51. The molecule has 0 unspecified atom stereocenters. The van der Waals surface area contributed by atoms with Crippen molar-refractivity contribution in [2.75, 3.05) is 31.1 Å². The summed E-state index contributed by atoms with van der Waals surface area (Å²) in [7, 11) is 0. The Bertz CT molecular complexity index is 773. The van der Waals surface area contributed by atoms with Crippen LogP contribution >= 0.6 is 11.6 Å². The van der Waals surface area contributed by atoms with Gasteiger partial charge in [0.25, 0.3) is 0 Å². The van der Waals surface area contributed by atoms with Crippen LogP contribution in [0.25, 0.3) is 0 Å². The molecule has 1 saturated heterocycles. The third-order valence-corrected chi connectivity index (χ3v) is 5.24. The molecule has 10 heteroatoms. The number of rotatable bonds is 5. The first-order chi connectivity index (χ1) is 13.8. The number of halogens is 4. The number of hydrogen-bond donors (Lipinski definition) is 0. The number of aromatic nitrogens is 1. The van der Waals surface area contributed by atoms with Crippen molar-refractivity contribution in [2.24, 2.45) is 5.92 Å². The Morgan fingerprint density at radius 1 is 1.27 bits per heavy atom.